The number of benzene rings is 3. The van der Waals surface area contributed by atoms with Crippen molar-refractivity contribution in [2.45, 2.75) is 11.8 Å². The summed E-state index contributed by atoms with van der Waals surface area (Å²) in [6.07, 6.45) is 1.49. The summed E-state index contributed by atoms with van der Waals surface area (Å²) in [6.45, 7) is 0.325. The van der Waals surface area contributed by atoms with Crippen LogP contribution in [0.5, 0.6) is 11.5 Å². The Hall–Kier alpha value is -3.46. The largest absolute Gasteiger partial charge is 0.493 e. The molecule has 0 amide bonds. The highest BCUT2D eigenvalue weighted by molar-refractivity contribution is 8.03. The Morgan fingerprint density at radius 3 is 2.34 bits per heavy atom. The van der Waals surface area contributed by atoms with Crippen molar-refractivity contribution in [3.05, 3.63) is 92.8 Å². The van der Waals surface area contributed by atoms with Gasteiger partial charge >= 0.3 is 5.97 Å². The predicted octanol–water partition coefficient (Wildman–Crippen LogP) is 6.85. The molecule has 0 atom stereocenters. The van der Waals surface area contributed by atoms with Gasteiger partial charge in [-0.3, -0.25) is 0 Å². The van der Waals surface area contributed by atoms with Gasteiger partial charge in [-0.1, -0.05) is 41.4 Å². The summed E-state index contributed by atoms with van der Waals surface area (Å²) in [5, 5.41) is 18.9. The number of ether oxygens (including phenoxy) is 2. The van der Waals surface area contributed by atoms with Crippen LogP contribution in [0.15, 0.2) is 81.3 Å². The lowest BCUT2D eigenvalue weighted by Crippen LogP contribution is -1.99. The highest BCUT2D eigenvalue weighted by Crippen LogP contribution is 2.33. The van der Waals surface area contributed by atoms with E-state index in [1.807, 2.05) is 12.1 Å². The van der Waals surface area contributed by atoms with Crippen LogP contribution >= 0.6 is 35.0 Å². The van der Waals surface area contributed by atoms with Gasteiger partial charge < -0.3 is 19.0 Å². The molecule has 0 saturated carbocycles. The molecule has 1 N–H and O–H groups in total. The zero-order valence-electron chi connectivity index (χ0n) is 18.3. The van der Waals surface area contributed by atoms with Crippen LogP contribution in [0.1, 0.15) is 11.1 Å². The third kappa shape index (κ3) is 6.57. The van der Waals surface area contributed by atoms with Crippen molar-refractivity contribution < 1.29 is 23.8 Å². The van der Waals surface area contributed by atoms with E-state index in [1.54, 1.807) is 54.6 Å². The predicted molar refractivity (Wildman–Crippen MR) is 135 cm³/mol. The van der Waals surface area contributed by atoms with Gasteiger partial charge in [-0.05, 0) is 77.5 Å². The number of carboxylic acid groups (broad SMARTS) is 1. The lowest BCUT2D eigenvalue weighted by molar-refractivity contribution is -0.131. The van der Waals surface area contributed by atoms with Gasteiger partial charge in [-0.25, -0.2) is 4.79 Å². The van der Waals surface area contributed by atoms with Crippen LogP contribution in [-0.4, -0.2) is 28.4 Å². The van der Waals surface area contributed by atoms with Crippen LogP contribution in [-0.2, 0) is 11.4 Å². The average molecular weight is 529 g/mol. The number of carbonyl (C=O) groups is 1. The van der Waals surface area contributed by atoms with Crippen LogP contribution in [0, 0.1) is 0 Å². The molecule has 3 aromatic carbocycles. The Labute approximate surface area is 215 Å². The molecular weight excluding hydrogens is 511 g/mol. The summed E-state index contributed by atoms with van der Waals surface area (Å²) in [5.74, 6) is 0.111. The van der Waals surface area contributed by atoms with Crippen LogP contribution in [0.3, 0.4) is 0 Å². The van der Waals surface area contributed by atoms with E-state index in [4.69, 9.17) is 37.1 Å². The molecule has 10 heteroatoms. The Bertz CT molecular complexity index is 1360. The zero-order valence-corrected chi connectivity index (χ0v) is 20.6. The molecule has 4 rings (SSSR count). The van der Waals surface area contributed by atoms with E-state index >= 15 is 0 Å². The normalized spacial score (nSPS) is 11.3. The summed E-state index contributed by atoms with van der Waals surface area (Å²) >= 11 is 12.7. The zero-order chi connectivity index (χ0) is 24.8. The van der Waals surface area contributed by atoms with E-state index < -0.39 is 5.97 Å². The molecular formula is C25H18Cl2N2O5S. The number of methoxy groups -OCH3 is 1. The van der Waals surface area contributed by atoms with Crippen LogP contribution in [0.2, 0.25) is 10.0 Å². The van der Waals surface area contributed by atoms with Crippen molar-refractivity contribution in [3.63, 3.8) is 0 Å². The third-order valence-electron chi connectivity index (χ3n) is 4.70. The molecule has 35 heavy (non-hydrogen) atoms. The van der Waals surface area contributed by atoms with Gasteiger partial charge in [0.05, 0.1) is 7.11 Å². The number of halogens is 2. The fourth-order valence-corrected chi connectivity index (χ4v) is 3.90. The SMILES string of the molecule is COc1cc(/C=C(\Sc2nnc(-c3ccc(Cl)cc3)o2)C(=O)O)ccc1OCc1ccc(Cl)cc1. The first kappa shape index (κ1) is 24.7. The highest BCUT2D eigenvalue weighted by atomic mass is 35.5. The number of carboxylic acids is 1. The van der Waals surface area contributed by atoms with Gasteiger partial charge in [0.2, 0.25) is 5.89 Å². The van der Waals surface area contributed by atoms with Gasteiger partial charge in [0.25, 0.3) is 5.22 Å². The summed E-state index contributed by atoms with van der Waals surface area (Å²) in [4.78, 5) is 11.9. The lowest BCUT2D eigenvalue weighted by Gasteiger charge is -2.12. The molecule has 1 aromatic heterocycles. The Morgan fingerprint density at radius 1 is 1.00 bits per heavy atom. The van der Waals surface area contributed by atoms with Crippen LogP contribution < -0.4 is 9.47 Å². The summed E-state index contributed by atoms with van der Waals surface area (Å²) in [5.41, 5.74) is 2.22. The van der Waals surface area contributed by atoms with E-state index in [0.29, 0.717) is 39.3 Å². The van der Waals surface area contributed by atoms with Gasteiger partial charge in [0, 0.05) is 15.6 Å². The fourth-order valence-electron chi connectivity index (χ4n) is 2.98. The topological polar surface area (TPSA) is 94.7 Å². The van der Waals surface area contributed by atoms with Crippen molar-refractivity contribution >= 4 is 47.0 Å². The second kappa shape index (κ2) is 11.3. The fraction of sp³-hybridized carbons (Fsp3) is 0.0800. The maximum absolute atomic E-state index is 11.9. The minimum atomic E-state index is -1.14. The maximum Gasteiger partial charge on any atom is 0.342 e. The van der Waals surface area contributed by atoms with Gasteiger partial charge in [-0.15, -0.1) is 10.2 Å². The van der Waals surface area contributed by atoms with Crippen molar-refractivity contribution in [1.29, 1.82) is 0 Å². The summed E-state index contributed by atoms with van der Waals surface area (Å²) in [6, 6.07) is 19.3. The average Bonchev–Trinajstić information content (AvgIpc) is 3.32. The second-order valence-corrected chi connectivity index (χ2v) is 8.99. The molecule has 0 aliphatic rings. The molecule has 178 valence electrons. The number of hydrogen-bond acceptors (Lipinski definition) is 7. The molecule has 4 aromatic rings. The molecule has 0 spiro atoms. The first-order chi connectivity index (χ1) is 16.9. The molecule has 1 heterocycles. The Balaban J connectivity index is 1.50. The number of aromatic nitrogens is 2. The lowest BCUT2D eigenvalue weighted by atomic mass is 10.2. The van der Waals surface area contributed by atoms with Crippen molar-refractivity contribution in [2.24, 2.45) is 0 Å². The number of aliphatic carboxylic acids is 1. The molecule has 0 unspecified atom stereocenters. The molecule has 0 bridgehead atoms. The smallest absolute Gasteiger partial charge is 0.342 e. The standard InChI is InChI=1S/C25H18Cl2N2O5S/c1-32-21-12-16(4-11-20(21)33-14-15-2-7-18(26)8-3-15)13-22(24(30)31)35-25-29-28-23(34-25)17-5-9-19(27)10-6-17/h2-13H,14H2,1H3,(H,30,31)/b22-13-. The number of hydrogen-bond donors (Lipinski definition) is 1. The van der Waals surface area contributed by atoms with E-state index in [2.05, 4.69) is 10.2 Å². The van der Waals surface area contributed by atoms with E-state index in [1.165, 1.54) is 13.2 Å². The van der Waals surface area contributed by atoms with Crippen molar-refractivity contribution in [1.82, 2.24) is 10.2 Å². The number of nitrogens with zero attached hydrogens (tertiary/aromatic N) is 2. The van der Waals surface area contributed by atoms with Crippen molar-refractivity contribution in [3.8, 4) is 23.0 Å². The quantitative estimate of drug-likeness (QED) is 0.186. The van der Waals surface area contributed by atoms with E-state index in [9.17, 15) is 9.90 Å². The van der Waals surface area contributed by atoms with Crippen molar-refractivity contribution in [2.75, 3.05) is 7.11 Å². The Morgan fingerprint density at radius 2 is 1.69 bits per heavy atom. The molecule has 0 fully saturated rings. The van der Waals surface area contributed by atoms with Gasteiger partial charge in [-0.2, -0.15) is 0 Å². The minimum absolute atomic E-state index is 0.00630. The van der Waals surface area contributed by atoms with E-state index in [0.717, 1.165) is 17.3 Å². The monoisotopic (exact) mass is 528 g/mol. The molecule has 0 aliphatic heterocycles. The van der Waals surface area contributed by atoms with Crippen LogP contribution in [0.25, 0.3) is 17.5 Å². The Kier molecular flexibility index (Phi) is 7.97. The second-order valence-electron chi connectivity index (χ2n) is 7.12. The first-order valence-corrected chi connectivity index (χ1v) is 11.8. The maximum atomic E-state index is 11.9. The number of thioether (sulfide) groups is 1. The summed E-state index contributed by atoms with van der Waals surface area (Å²) in [7, 11) is 1.52. The molecule has 0 saturated heterocycles. The highest BCUT2D eigenvalue weighted by Gasteiger charge is 2.17. The van der Waals surface area contributed by atoms with Gasteiger partial charge in [0.1, 0.15) is 11.5 Å². The summed E-state index contributed by atoms with van der Waals surface area (Å²) < 4.78 is 16.9. The molecule has 0 radical (unpaired) electrons. The van der Waals surface area contributed by atoms with E-state index in [-0.39, 0.29) is 16.0 Å². The first-order valence-electron chi connectivity index (χ1n) is 10.2. The minimum Gasteiger partial charge on any atom is -0.493 e. The van der Waals surface area contributed by atoms with Crippen LogP contribution in [0.4, 0.5) is 0 Å². The molecule has 0 aliphatic carbocycles. The van der Waals surface area contributed by atoms with Gasteiger partial charge in [0.15, 0.2) is 11.5 Å². The number of rotatable bonds is 9. The molecule has 7 nitrogen and oxygen atoms in total. The third-order valence-corrected chi connectivity index (χ3v) is 6.05.